The molecule has 2 heterocycles. The van der Waals surface area contributed by atoms with Crippen molar-refractivity contribution in [1.82, 2.24) is 20.1 Å². The maximum atomic E-state index is 12.6. The highest BCUT2D eigenvalue weighted by Crippen LogP contribution is 2.27. The van der Waals surface area contributed by atoms with Crippen LogP contribution in [-0.2, 0) is 16.1 Å². The Morgan fingerprint density at radius 1 is 1.07 bits per heavy atom. The molecular formula is C33H34N6O5. The van der Waals surface area contributed by atoms with Crippen molar-refractivity contribution in [3.05, 3.63) is 118 Å². The first kappa shape index (κ1) is 30.1. The van der Waals surface area contributed by atoms with Crippen LogP contribution >= 0.6 is 0 Å². The molecule has 11 heteroatoms. The number of H-pyrrole nitrogens is 1. The third-order valence-corrected chi connectivity index (χ3v) is 7.40. The highest BCUT2D eigenvalue weighted by Gasteiger charge is 2.22. The van der Waals surface area contributed by atoms with E-state index in [1.165, 1.54) is 0 Å². The van der Waals surface area contributed by atoms with Crippen LogP contribution in [0.3, 0.4) is 0 Å². The number of fused-ring (bicyclic) bond motifs is 1. The molecule has 11 nitrogen and oxygen atoms in total. The summed E-state index contributed by atoms with van der Waals surface area (Å²) in [4.78, 5) is 39.7. The van der Waals surface area contributed by atoms with Gasteiger partial charge in [-0.1, -0.05) is 31.2 Å². The van der Waals surface area contributed by atoms with Gasteiger partial charge in [-0.05, 0) is 84.1 Å². The van der Waals surface area contributed by atoms with E-state index in [0.717, 1.165) is 27.8 Å². The quantitative estimate of drug-likeness (QED) is 0.138. The van der Waals surface area contributed by atoms with Gasteiger partial charge in [0.15, 0.2) is 6.04 Å². The largest absolute Gasteiger partial charge is 0.479 e. The van der Waals surface area contributed by atoms with Gasteiger partial charge in [-0.3, -0.25) is 10.1 Å². The average Bonchev–Trinajstić information content (AvgIpc) is 3.54. The molecule has 5 aromatic rings. The second kappa shape index (κ2) is 13.3. The van der Waals surface area contributed by atoms with Gasteiger partial charge < -0.3 is 25.5 Å². The summed E-state index contributed by atoms with van der Waals surface area (Å²) in [6, 6.07) is 18.8. The summed E-state index contributed by atoms with van der Waals surface area (Å²) in [5.74, 6) is -1.19. The highest BCUT2D eigenvalue weighted by molar-refractivity contribution is 5.87. The SMILES string of the molecule is CNCc1cc(NC(=O)OC[C@H](C)c2ccc(C(Nc3ccc4cc[nH]c(=O)c4c3)C(=O)O)cc2C)ccc1-n1cccn1. The number of amides is 1. The van der Waals surface area contributed by atoms with Crippen LogP contribution in [0.25, 0.3) is 16.5 Å². The predicted octanol–water partition coefficient (Wildman–Crippen LogP) is 5.33. The number of aliphatic carboxylic acids is 1. The van der Waals surface area contributed by atoms with E-state index < -0.39 is 18.1 Å². The molecule has 0 aliphatic carbocycles. The van der Waals surface area contributed by atoms with E-state index in [1.807, 2.05) is 57.4 Å². The zero-order valence-electron chi connectivity index (χ0n) is 24.6. The number of nitrogens with one attached hydrogen (secondary N) is 4. The van der Waals surface area contributed by atoms with Crippen molar-refractivity contribution in [3.63, 3.8) is 0 Å². The molecule has 5 rings (SSSR count). The third kappa shape index (κ3) is 6.79. The normalized spacial score (nSPS) is 12.4. The van der Waals surface area contributed by atoms with Crippen molar-refractivity contribution in [1.29, 1.82) is 0 Å². The summed E-state index contributed by atoms with van der Waals surface area (Å²) in [5, 5.41) is 24.5. The van der Waals surface area contributed by atoms with Gasteiger partial charge in [0.25, 0.3) is 5.56 Å². The van der Waals surface area contributed by atoms with Gasteiger partial charge >= 0.3 is 12.1 Å². The van der Waals surface area contributed by atoms with Crippen molar-refractivity contribution < 1.29 is 19.4 Å². The molecule has 0 aliphatic heterocycles. The summed E-state index contributed by atoms with van der Waals surface area (Å²) in [6.45, 7) is 4.56. The molecule has 0 saturated carbocycles. The first-order chi connectivity index (χ1) is 21.2. The van der Waals surface area contributed by atoms with E-state index >= 15 is 0 Å². The first-order valence-corrected chi connectivity index (χ1v) is 14.2. The fourth-order valence-corrected chi connectivity index (χ4v) is 5.23. The number of nitrogens with zero attached hydrogens (tertiary/aromatic N) is 2. The number of ether oxygens (including phenoxy) is 1. The number of carbonyl (C=O) groups excluding carboxylic acids is 1. The average molecular weight is 595 g/mol. The van der Waals surface area contributed by atoms with Crippen molar-refractivity contribution in [2.24, 2.45) is 0 Å². The van der Waals surface area contributed by atoms with Gasteiger partial charge in [0.05, 0.1) is 12.3 Å². The Hall–Kier alpha value is -5.42. The van der Waals surface area contributed by atoms with Gasteiger partial charge in [0.2, 0.25) is 0 Å². The number of benzene rings is 3. The molecule has 0 spiro atoms. The lowest BCUT2D eigenvalue weighted by Gasteiger charge is -2.20. The molecule has 0 aliphatic rings. The minimum Gasteiger partial charge on any atom is -0.479 e. The Balaban J connectivity index is 1.23. The Bertz CT molecular complexity index is 1850. The monoisotopic (exact) mass is 594 g/mol. The number of carboxylic acids is 1. The molecule has 0 fully saturated rings. The molecule has 3 aromatic carbocycles. The van der Waals surface area contributed by atoms with Crippen molar-refractivity contribution in [2.45, 2.75) is 32.4 Å². The molecule has 2 atom stereocenters. The minimum atomic E-state index is -1.05. The van der Waals surface area contributed by atoms with Crippen LogP contribution in [0.4, 0.5) is 16.2 Å². The predicted molar refractivity (Wildman–Crippen MR) is 169 cm³/mol. The number of aromatic amines is 1. The molecule has 2 aromatic heterocycles. The molecule has 0 bridgehead atoms. The molecule has 44 heavy (non-hydrogen) atoms. The summed E-state index contributed by atoms with van der Waals surface area (Å²) in [7, 11) is 1.85. The Morgan fingerprint density at radius 2 is 1.89 bits per heavy atom. The molecule has 0 saturated heterocycles. The number of hydrogen-bond acceptors (Lipinski definition) is 7. The second-order valence-electron chi connectivity index (χ2n) is 10.6. The van der Waals surface area contributed by atoms with Crippen molar-refractivity contribution in [3.8, 4) is 5.69 Å². The van der Waals surface area contributed by atoms with Gasteiger partial charge in [0, 0.05) is 47.8 Å². The van der Waals surface area contributed by atoms with Crippen LogP contribution in [-0.4, -0.2) is 45.6 Å². The fourth-order valence-electron chi connectivity index (χ4n) is 5.23. The fraction of sp³-hybridized carbons (Fsp3) is 0.212. The third-order valence-electron chi connectivity index (χ3n) is 7.40. The Kier molecular flexibility index (Phi) is 9.06. The molecule has 1 unspecified atom stereocenters. The lowest BCUT2D eigenvalue weighted by atomic mass is 9.93. The summed E-state index contributed by atoms with van der Waals surface area (Å²) >= 11 is 0. The number of pyridine rings is 1. The van der Waals surface area contributed by atoms with Gasteiger partial charge in [-0.25, -0.2) is 14.3 Å². The molecule has 0 radical (unpaired) electrons. The van der Waals surface area contributed by atoms with Crippen LogP contribution in [0.5, 0.6) is 0 Å². The summed E-state index contributed by atoms with van der Waals surface area (Å²) < 4.78 is 7.31. The van der Waals surface area contributed by atoms with Crippen LogP contribution < -0.4 is 21.5 Å². The van der Waals surface area contributed by atoms with Crippen molar-refractivity contribution in [2.75, 3.05) is 24.3 Å². The zero-order valence-corrected chi connectivity index (χ0v) is 24.6. The lowest BCUT2D eigenvalue weighted by molar-refractivity contribution is -0.138. The Morgan fingerprint density at radius 3 is 2.61 bits per heavy atom. The zero-order chi connectivity index (χ0) is 31.2. The number of carbonyl (C=O) groups is 2. The lowest BCUT2D eigenvalue weighted by Crippen LogP contribution is -2.21. The standard InChI is InChI=1S/C33H34N6O5/c1-20-15-23(30(32(41)42)37-26-7-5-22-11-13-35-31(40)28(22)17-26)6-9-27(20)21(2)19-44-33(43)38-25-8-10-29(24(16-25)18-34-3)39-14-4-12-36-39/h4-17,21,30,34,37H,18-19H2,1-3H3,(H,35,40)(H,38,43)(H,41,42)/t21-,30?/m0/s1. The minimum absolute atomic E-state index is 0.132. The number of aromatic nitrogens is 3. The van der Waals surface area contributed by atoms with Gasteiger partial charge in [-0.2, -0.15) is 5.10 Å². The van der Waals surface area contributed by atoms with E-state index in [0.29, 0.717) is 28.9 Å². The molecular weight excluding hydrogens is 560 g/mol. The van der Waals surface area contributed by atoms with Crippen LogP contribution in [0, 0.1) is 6.92 Å². The van der Waals surface area contributed by atoms with E-state index in [-0.39, 0.29) is 18.1 Å². The van der Waals surface area contributed by atoms with Crippen molar-refractivity contribution >= 4 is 34.2 Å². The van der Waals surface area contributed by atoms with E-state index in [4.69, 9.17) is 4.74 Å². The maximum Gasteiger partial charge on any atom is 0.411 e. The number of aryl methyl sites for hydroxylation is 1. The molecule has 1 amide bonds. The summed E-state index contributed by atoms with van der Waals surface area (Å²) in [6.07, 6.45) is 4.57. The number of hydrogen-bond donors (Lipinski definition) is 5. The molecule has 226 valence electrons. The van der Waals surface area contributed by atoms with Crippen LogP contribution in [0.15, 0.2) is 90.1 Å². The summed E-state index contributed by atoms with van der Waals surface area (Å²) in [5.41, 5.74) is 5.10. The Labute approximate surface area is 253 Å². The number of anilines is 2. The second-order valence-corrected chi connectivity index (χ2v) is 10.6. The topological polar surface area (TPSA) is 150 Å². The maximum absolute atomic E-state index is 12.6. The smallest absolute Gasteiger partial charge is 0.411 e. The number of carboxylic acid groups (broad SMARTS) is 1. The highest BCUT2D eigenvalue weighted by atomic mass is 16.5. The first-order valence-electron chi connectivity index (χ1n) is 14.2. The van der Waals surface area contributed by atoms with Gasteiger partial charge in [-0.15, -0.1) is 0 Å². The van der Waals surface area contributed by atoms with Crippen LogP contribution in [0.1, 0.15) is 41.1 Å². The van der Waals surface area contributed by atoms with Gasteiger partial charge in [0.1, 0.15) is 0 Å². The van der Waals surface area contributed by atoms with E-state index in [2.05, 4.69) is 26.0 Å². The molecule has 5 N–H and O–H groups in total. The number of rotatable bonds is 11. The van der Waals surface area contributed by atoms with E-state index in [9.17, 15) is 19.5 Å². The van der Waals surface area contributed by atoms with Crippen LogP contribution in [0.2, 0.25) is 0 Å². The van der Waals surface area contributed by atoms with E-state index in [1.54, 1.807) is 53.5 Å².